The van der Waals surface area contributed by atoms with E-state index in [1.54, 1.807) is 19.1 Å². The molecule has 1 amide bonds. The van der Waals surface area contributed by atoms with Crippen molar-refractivity contribution >= 4 is 5.91 Å². The van der Waals surface area contributed by atoms with Crippen LogP contribution in [0.3, 0.4) is 0 Å². The summed E-state index contributed by atoms with van der Waals surface area (Å²) in [5.74, 6) is -0.376. The van der Waals surface area contributed by atoms with Crippen molar-refractivity contribution in [2.24, 2.45) is 0 Å². The Kier molecular flexibility index (Phi) is 3.15. The van der Waals surface area contributed by atoms with Crippen LogP contribution in [0.2, 0.25) is 0 Å². The monoisotopic (exact) mass is 237 g/mol. The van der Waals surface area contributed by atoms with Gasteiger partial charge in [0.05, 0.1) is 11.5 Å². The van der Waals surface area contributed by atoms with Crippen LogP contribution in [0, 0.1) is 5.82 Å². The molecule has 1 unspecified atom stereocenters. The zero-order chi connectivity index (χ0) is 12.5. The lowest BCUT2D eigenvalue weighted by atomic mass is 9.95. The molecular formula is C13H16FNO2. The Hall–Kier alpha value is -1.42. The van der Waals surface area contributed by atoms with E-state index in [9.17, 15) is 9.18 Å². The number of benzene rings is 1. The molecule has 1 aromatic carbocycles. The van der Waals surface area contributed by atoms with E-state index in [-0.39, 0.29) is 18.3 Å². The highest BCUT2D eigenvalue weighted by Gasteiger charge is 2.51. The van der Waals surface area contributed by atoms with Gasteiger partial charge in [0.25, 0.3) is 0 Å². The lowest BCUT2D eigenvalue weighted by molar-refractivity contribution is -0.124. The molecule has 3 nitrogen and oxygen atoms in total. The molecule has 4 heteroatoms. The largest absolute Gasteiger partial charge is 0.392 e. The first kappa shape index (κ1) is 12.0. The Balaban J connectivity index is 2.08. The molecule has 0 spiro atoms. The highest BCUT2D eigenvalue weighted by molar-refractivity contribution is 5.91. The topological polar surface area (TPSA) is 49.3 Å². The van der Waals surface area contributed by atoms with Gasteiger partial charge in [-0.05, 0) is 37.5 Å². The van der Waals surface area contributed by atoms with Gasteiger partial charge in [0.15, 0.2) is 0 Å². The fourth-order valence-corrected chi connectivity index (χ4v) is 1.95. The standard InChI is InChI=1S/C13H16FNO2/c1-9(16)8-15-12(17)13(6-7-13)10-2-4-11(14)5-3-10/h2-5,9,16H,6-8H2,1H3,(H,15,17). The first-order chi connectivity index (χ1) is 8.04. The highest BCUT2D eigenvalue weighted by atomic mass is 19.1. The number of carbonyl (C=O) groups excluding carboxylic acids is 1. The molecule has 17 heavy (non-hydrogen) atoms. The van der Waals surface area contributed by atoms with Crippen molar-refractivity contribution in [1.29, 1.82) is 0 Å². The summed E-state index contributed by atoms with van der Waals surface area (Å²) in [6.45, 7) is 1.87. The molecule has 0 heterocycles. The van der Waals surface area contributed by atoms with Crippen molar-refractivity contribution in [3.8, 4) is 0 Å². The number of aliphatic hydroxyl groups excluding tert-OH is 1. The first-order valence-electron chi connectivity index (χ1n) is 5.77. The quantitative estimate of drug-likeness (QED) is 0.830. The van der Waals surface area contributed by atoms with E-state index in [1.165, 1.54) is 12.1 Å². The summed E-state index contributed by atoms with van der Waals surface area (Å²) >= 11 is 0. The lowest BCUT2D eigenvalue weighted by Crippen LogP contribution is -2.38. The zero-order valence-corrected chi connectivity index (χ0v) is 9.74. The number of aliphatic hydroxyl groups is 1. The predicted octanol–water partition coefficient (Wildman–Crippen LogP) is 1.35. The zero-order valence-electron chi connectivity index (χ0n) is 9.74. The Morgan fingerprint density at radius 3 is 2.53 bits per heavy atom. The molecule has 0 saturated heterocycles. The Morgan fingerprint density at radius 1 is 1.47 bits per heavy atom. The minimum Gasteiger partial charge on any atom is -0.392 e. The molecule has 1 atom stereocenters. The Labute approximate surface area is 99.7 Å². The Morgan fingerprint density at radius 2 is 2.06 bits per heavy atom. The summed E-state index contributed by atoms with van der Waals surface area (Å²) in [5.41, 5.74) is 0.352. The van der Waals surface area contributed by atoms with Crippen molar-refractivity contribution in [3.05, 3.63) is 35.6 Å². The van der Waals surface area contributed by atoms with E-state index in [0.29, 0.717) is 0 Å². The van der Waals surface area contributed by atoms with E-state index in [2.05, 4.69) is 5.32 Å². The van der Waals surface area contributed by atoms with Gasteiger partial charge in [-0.2, -0.15) is 0 Å². The van der Waals surface area contributed by atoms with Crippen molar-refractivity contribution in [2.75, 3.05) is 6.54 Å². The number of nitrogens with one attached hydrogen (secondary N) is 1. The highest BCUT2D eigenvalue weighted by Crippen LogP contribution is 2.48. The van der Waals surface area contributed by atoms with Crippen LogP contribution in [0.1, 0.15) is 25.3 Å². The van der Waals surface area contributed by atoms with Crippen molar-refractivity contribution in [3.63, 3.8) is 0 Å². The summed E-state index contributed by atoms with van der Waals surface area (Å²) in [7, 11) is 0. The van der Waals surface area contributed by atoms with Crippen molar-refractivity contribution in [1.82, 2.24) is 5.32 Å². The van der Waals surface area contributed by atoms with Crippen molar-refractivity contribution in [2.45, 2.75) is 31.3 Å². The molecule has 2 rings (SSSR count). The van der Waals surface area contributed by atoms with Gasteiger partial charge < -0.3 is 10.4 Å². The maximum absolute atomic E-state index is 12.8. The summed E-state index contributed by atoms with van der Waals surface area (Å²) < 4.78 is 12.8. The second-order valence-electron chi connectivity index (χ2n) is 4.65. The molecule has 92 valence electrons. The van der Waals surface area contributed by atoms with Crippen LogP contribution in [-0.4, -0.2) is 23.7 Å². The van der Waals surface area contributed by atoms with Crippen LogP contribution < -0.4 is 5.32 Å². The third-order valence-corrected chi connectivity index (χ3v) is 3.14. The number of amides is 1. The Bertz CT molecular complexity index is 410. The molecule has 0 bridgehead atoms. The SMILES string of the molecule is CC(O)CNC(=O)C1(c2ccc(F)cc2)CC1. The molecule has 0 aromatic heterocycles. The van der Waals surface area contributed by atoms with E-state index >= 15 is 0 Å². The molecule has 1 aromatic rings. The van der Waals surface area contributed by atoms with Gasteiger partial charge in [-0.25, -0.2) is 4.39 Å². The van der Waals surface area contributed by atoms with Gasteiger partial charge in [-0.1, -0.05) is 12.1 Å². The van der Waals surface area contributed by atoms with Crippen LogP contribution in [0.25, 0.3) is 0 Å². The van der Waals surface area contributed by atoms with Gasteiger partial charge in [0.1, 0.15) is 5.82 Å². The van der Waals surface area contributed by atoms with E-state index in [0.717, 1.165) is 18.4 Å². The summed E-state index contributed by atoms with van der Waals surface area (Å²) in [5, 5.41) is 11.8. The molecule has 1 aliphatic carbocycles. The third kappa shape index (κ3) is 2.47. The first-order valence-corrected chi connectivity index (χ1v) is 5.77. The number of hydrogen-bond acceptors (Lipinski definition) is 2. The summed E-state index contributed by atoms with van der Waals surface area (Å²) in [6.07, 6.45) is 1.01. The second kappa shape index (κ2) is 4.45. The van der Waals surface area contributed by atoms with Crippen LogP contribution in [-0.2, 0) is 10.2 Å². The fraction of sp³-hybridized carbons (Fsp3) is 0.462. The van der Waals surface area contributed by atoms with Gasteiger partial charge >= 0.3 is 0 Å². The minimum absolute atomic E-state index is 0.0787. The van der Waals surface area contributed by atoms with Crippen LogP contribution in [0.5, 0.6) is 0 Å². The average Bonchev–Trinajstić information content (AvgIpc) is 3.08. The van der Waals surface area contributed by atoms with Crippen LogP contribution in [0.15, 0.2) is 24.3 Å². The average molecular weight is 237 g/mol. The van der Waals surface area contributed by atoms with E-state index < -0.39 is 11.5 Å². The molecule has 0 radical (unpaired) electrons. The second-order valence-corrected chi connectivity index (χ2v) is 4.65. The predicted molar refractivity (Wildman–Crippen MR) is 62.0 cm³/mol. The molecule has 2 N–H and O–H groups in total. The minimum atomic E-state index is -0.553. The maximum atomic E-state index is 12.8. The number of carbonyl (C=O) groups is 1. The molecular weight excluding hydrogens is 221 g/mol. The van der Waals surface area contributed by atoms with E-state index in [4.69, 9.17) is 5.11 Å². The lowest BCUT2D eigenvalue weighted by Gasteiger charge is -2.16. The molecule has 1 fully saturated rings. The van der Waals surface area contributed by atoms with Crippen molar-refractivity contribution < 1.29 is 14.3 Å². The number of halogens is 1. The third-order valence-electron chi connectivity index (χ3n) is 3.14. The van der Waals surface area contributed by atoms with Gasteiger partial charge in [-0.15, -0.1) is 0 Å². The number of hydrogen-bond donors (Lipinski definition) is 2. The summed E-state index contributed by atoms with van der Waals surface area (Å²) in [4.78, 5) is 12.0. The van der Waals surface area contributed by atoms with Gasteiger partial charge in [0, 0.05) is 6.54 Å². The van der Waals surface area contributed by atoms with Gasteiger partial charge in [0.2, 0.25) is 5.91 Å². The molecule has 1 aliphatic rings. The summed E-state index contributed by atoms with van der Waals surface area (Å²) in [6, 6.07) is 6.06. The van der Waals surface area contributed by atoms with Gasteiger partial charge in [-0.3, -0.25) is 4.79 Å². The maximum Gasteiger partial charge on any atom is 0.230 e. The van der Waals surface area contributed by atoms with Crippen LogP contribution in [0.4, 0.5) is 4.39 Å². The van der Waals surface area contributed by atoms with E-state index in [1.807, 2.05) is 0 Å². The fourth-order valence-electron chi connectivity index (χ4n) is 1.95. The normalized spacial score (nSPS) is 18.5. The van der Waals surface area contributed by atoms with Crippen LogP contribution >= 0.6 is 0 Å². The number of rotatable bonds is 4. The molecule has 1 saturated carbocycles. The smallest absolute Gasteiger partial charge is 0.230 e. The molecule has 0 aliphatic heterocycles.